The number of likely N-dealkylation sites (tertiary alicyclic amines) is 1. The van der Waals surface area contributed by atoms with Crippen molar-refractivity contribution in [3.8, 4) is 0 Å². The van der Waals surface area contributed by atoms with Gasteiger partial charge in [-0.1, -0.05) is 18.2 Å². The van der Waals surface area contributed by atoms with Crippen LogP contribution in [0.2, 0.25) is 0 Å². The predicted octanol–water partition coefficient (Wildman–Crippen LogP) is 2.27. The number of carbonyl (C=O) groups excluding carboxylic acids is 1. The van der Waals surface area contributed by atoms with E-state index in [-0.39, 0.29) is 11.9 Å². The van der Waals surface area contributed by atoms with Gasteiger partial charge in [-0.05, 0) is 25.3 Å². The van der Waals surface area contributed by atoms with Gasteiger partial charge in [-0.3, -0.25) is 14.2 Å². The Labute approximate surface area is 139 Å². The number of nitrogens with zero attached hydrogens (tertiary/aromatic N) is 5. The molecule has 0 aliphatic carbocycles. The Hall–Kier alpha value is -2.63. The molecule has 0 radical (unpaired) electrons. The second-order valence-corrected chi connectivity index (χ2v) is 6.67. The summed E-state index contributed by atoms with van der Waals surface area (Å²) in [6, 6.07) is 8.48. The fourth-order valence-electron chi connectivity index (χ4n) is 4.02. The van der Waals surface area contributed by atoms with Crippen LogP contribution in [0.1, 0.15) is 34.9 Å². The van der Waals surface area contributed by atoms with Crippen molar-refractivity contribution in [2.45, 2.75) is 31.8 Å². The molecule has 1 atom stereocenters. The molecule has 0 bridgehead atoms. The average Bonchev–Trinajstić information content (AvgIpc) is 3.35. The van der Waals surface area contributed by atoms with E-state index in [1.54, 1.807) is 6.20 Å². The number of benzene rings is 1. The van der Waals surface area contributed by atoms with Crippen LogP contribution in [0.5, 0.6) is 0 Å². The standard InChI is InChI=1S/C18H19N5O/c24-18(15-11-19-22-8-3-6-17(15)22)21-9-7-14(12-21)23-16-5-2-1-4-13(16)10-20-23/h1-2,4-5,10-11,14H,3,6-9,12H2. The minimum Gasteiger partial charge on any atom is -0.336 e. The Balaban J connectivity index is 1.39. The molecule has 2 aliphatic heterocycles. The summed E-state index contributed by atoms with van der Waals surface area (Å²) in [5.74, 6) is 0.122. The second-order valence-electron chi connectivity index (χ2n) is 6.67. The SMILES string of the molecule is O=C(c1cnn2c1CCC2)N1CCC(n2ncc3ccccc32)C1. The average molecular weight is 321 g/mol. The molecule has 24 heavy (non-hydrogen) atoms. The largest absolute Gasteiger partial charge is 0.336 e. The molecule has 2 aromatic heterocycles. The number of fused-ring (bicyclic) bond motifs is 2. The van der Waals surface area contributed by atoms with Crippen LogP contribution >= 0.6 is 0 Å². The van der Waals surface area contributed by atoms with E-state index in [2.05, 4.69) is 27.0 Å². The number of carbonyl (C=O) groups is 1. The Kier molecular flexibility index (Phi) is 2.98. The smallest absolute Gasteiger partial charge is 0.257 e. The molecule has 122 valence electrons. The van der Waals surface area contributed by atoms with Crippen LogP contribution in [0, 0.1) is 0 Å². The molecule has 4 heterocycles. The first-order valence-corrected chi connectivity index (χ1v) is 8.57. The molecule has 3 aromatic rings. The van der Waals surface area contributed by atoms with Gasteiger partial charge in [0.15, 0.2) is 0 Å². The molecule has 2 aliphatic rings. The van der Waals surface area contributed by atoms with Crippen LogP contribution in [0.4, 0.5) is 0 Å². The summed E-state index contributed by atoms with van der Waals surface area (Å²) in [4.78, 5) is 14.8. The summed E-state index contributed by atoms with van der Waals surface area (Å²) in [5, 5.41) is 10.1. The van der Waals surface area contributed by atoms with Crippen LogP contribution in [0.15, 0.2) is 36.7 Å². The summed E-state index contributed by atoms with van der Waals surface area (Å²) in [6.45, 7) is 2.43. The Bertz CT molecular complexity index is 925. The Morgan fingerprint density at radius 1 is 1.12 bits per heavy atom. The van der Waals surface area contributed by atoms with E-state index >= 15 is 0 Å². The van der Waals surface area contributed by atoms with Crippen LogP contribution in [0.25, 0.3) is 10.9 Å². The molecule has 1 fully saturated rings. The molecule has 6 nitrogen and oxygen atoms in total. The number of hydrogen-bond donors (Lipinski definition) is 0. The highest BCUT2D eigenvalue weighted by Gasteiger charge is 2.32. The number of hydrogen-bond acceptors (Lipinski definition) is 3. The quantitative estimate of drug-likeness (QED) is 0.727. The highest BCUT2D eigenvalue weighted by Crippen LogP contribution is 2.28. The third kappa shape index (κ3) is 1.99. The number of aromatic nitrogens is 4. The zero-order chi connectivity index (χ0) is 16.1. The number of amides is 1. The maximum absolute atomic E-state index is 12.9. The summed E-state index contributed by atoms with van der Waals surface area (Å²) in [6.07, 6.45) is 6.65. The Morgan fingerprint density at radius 3 is 3.00 bits per heavy atom. The van der Waals surface area contributed by atoms with E-state index in [4.69, 9.17) is 0 Å². The molecular formula is C18H19N5O. The molecule has 1 unspecified atom stereocenters. The van der Waals surface area contributed by atoms with Crippen LogP contribution in [-0.4, -0.2) is 43.5 Å². The van der Waals surface area contributed by atoms with Gasteiger partial charge in [0.2, 0.25) is 0 Å². The lowest BCUT2D eigenvalue weighted by Gasteiger charge is -2.17. The second kappa shape index (κ2) is 5.19. The van der Waals surface area contributed by atoms with Gasteiger partial charge in [0, 0.05) is 25.0 Å². The Morgan fingerprint density at radius 2 is 2.04 bits per heavy atom. The molecule has 1 saturated heterocycles. The van der Waals surface area contributed by atoms with E-state index in [1.165, 1.54) is 0 Å². The lowest BCUT2D eigenvalue weighted by Crippen LogP contribution is -2.29. The van der Waals surface area contributed by atoms with Gasteiger partial charge in [0.05, 0.1) is 35.2 Å². The van der Waals surface area contributed by atoms with Crippen molar-refractivity contribution in [2.24, 2.45) is 0 Å². The summed E-state index contributed by atoms with van der Waals surface area (Å²) in [7, 11) is 0. The molecule has 1 amide bonds. The molecular weight excluding hydrogens is 302 g/mol. The van der Waals surface area contributed by atoms with Crippen molar-refractivity contribution in [2.75, 3.05) is 13.1 Å². The van der Waals surface area contributed by atoms with Crippen molar-refractivity contribution >= 4 is 16.8 Å². The van der Waals surface area contributed by atoms with E-state index in [9.17, 15) is 4.79 Å². The predicted molar refractivity (Wildman–Crippen MR) is 89.8 cm³/mol. The van der Waals surface area contributed by atoms with Crippen LogP contribution in [0.3, 0.4) is 0 Å². The van der Waals surface area contributed by atoms with E-state index in [0.29, 0.717) is 0 Å². The minimum atomic E-state index is 0.122. The first-order valence-electron chi connectivity index (χ1n) is 8.57. The molecule has 5 rings (SSSR count). The third-order valence-electron chi connectivity index (χ3n) is 5.26. The van der Waals surface area contributed by atoms with Crippen molar-refractivity contribution < 1.29 is 4.79 Å². The molecule has 6 heteroatoms. The van der Waals surface area contributed by atoms with Gasteiger partial charge in [0.25, 0.3) is 5.91 Å². The lowest BCUT2D eigenvalue weighted by molar-refractivity contribution is 0.0786. The van der Waals surface area contributed by atoms with Crippen LogP contribution < -0.4 is 0 Å². The van der Waals surface area contributed by atoms with Gasteiger partial charge >= 0.3 is 0 Å². The number of rotatable bonds is 2. The van der Waals surface area contributed by atoms with Crippen molar-refractivity contribution in [3.05, 3.63) is 47.9 Å². The van der Waals surface area contributed by atoms with E-state index in [0.717, 1.165) is 61.1 Å². The van der Waals surface area contributed by atoms with Gasteiger partial charge in [-0.25, -0.2) is 0 Å². The number of para-hydroxylation sites is 1. The zero-order valence-electron chi connectivity index (χ0n) is 13.4. The maximum Gasteiger partial charge on any atom is 0.257 e. The van der Waals surface area contributed by atoms with Crippen LogP contribution in [-0.2, 0) is 13.0 Å². The first kappa shape index (κ1) is 13.8. The van der Waals surface area contributed by atoms with E-state index in [1.807, 2.05) is 27.9 Å². The fraction of sp³-hybridized carbons (Fsp3) is 0.389. The first-order chi connectivity index (χ1) is 11.8. The molecule has 0 saturated carbocycles. The summed E-state index contributed by atoms with van der Waals surface area (Å²) in [5.41, 5.74) is 3.04. The highest BCUT2D eigenvalue weighted by molar-refractivity contribution is 5.95. The molecule has 1 aromatic carbocycles. The van der Waals surface area contributed by atoms with Gasteiger partial charge in [0.1, 0.15) is 0 Å². The molecule has 0 spiro atoms. The highest BCUT2D eigenvalue weighted by atomic mass is 16.2. The maximum atomic E-state index is 12.9. The van der Waals surface area contributed by atoms with Gasteiger partial charge in [-0.2, -0.15) is 10.2 Å². The van der Waals surface area contributed by atoms with Crippen molar-refractivity contribution in [1.82, 2.24) is 24.5 Å². The van der Waals surface area contributed by atoms with Gasteiger partial charge in [-0.15, -0.1) is 0 Å². The van der Waals surface area contributed by atoms with E-state index < -0.39 is 0 Å². The fourth-order valence-corrected chi connectivity index (χ4v) is 4.02. The zero-order valence-corrected chi connectivity index (χ0v) is 13.4. The summed E-state index contributed by atoms with van der Waals surface area (Å²) < 4.78 is 4.05. The summed E-state index contributed by atoms with van der Waals surface area (Å²) >= 11 is 0. The minimum absolute atomic E-state index is 0.122. The third-order valence-corrected chi connectivity index (χ3v) is 5.26. The normalized spacial score (nSPS) is 20.0. The van der Waals surface area contributed by atoms with Crippen molar-refractivity contribution in [3.63, 3.8) is 0 Å². The lowest BCUT2D eigenvalue weighted by atomic mass is 10.2. The van der Waals surface area contributed by atoms with Gasteiger partial charge < -0.3 is 4.90 Å². The number of aryl methyl sites for hydroxylation is 1. The molecule has 0 N–H and O–H groups in total. The van der Waals surface area contributed by atoms with Crippen molar-refractivity contribution in [1.29, 1.82) is 0 Å². The monoisotopic (exact) mass is 321 g/mol. The topological polar surface area (TPSA) is 56.0 Å².